The lowest BCUT2D eigenvalue weighted by molar-refractivity contribution is -0.113. The van der Waals surface area contributed by atoms with Crippen molar-refractivity contribution in [3.05, 3.63) is 64.1 Å². The third kappa shape index (κ3) is 3.29. The average molecular weight is 371 g/mol. The number of hydrogen-bond acceptors (Lipinski definition) is 5. The molecule has 0 unspecified atom stereocenters. The van der Waals surface area contributed by atoms with Crippen molar-refractivity contribution < 1.29 is 19.8 Å². The zero-order valence-corrected chi connectivity index (χ0v) is 14.7. The van der Waals surface area contributed by atoms with Gasteiger partial charge in [0.2, 0.25) is 0 Å². The van der Waals surface area contributed by atoms with E-state index >= 15 is 0 Å². The highest BCUT2D eigenvalue weighted by Gasteiger charge is 2.33. The molecule has 1 fully saturated rings. The summed E-state index contributed by atoms with van der Waals surface area (Å²) in [6.07, 6.45) is 1.78. The van der Waals surface area contributed by atoms with Crippen LogP contribution in [-0.4, -0.2) is 26.4 Å². The van der Waals surface area contributed by atoms with Crippen molar-refractivity contribution in [2.24, 2.45) is 0 Å². The van der Waals surface area contributed by atoms with Gasteiger partial charge in [-0.25, -0.2) is 4.79 Å². The van der Waals surface area contributed by atoms with E-state index in [9.17, 15) is 14.7 Å². The number of thiocarbonyl (C=S) groups is 1. The molecule has 126 valence electrons. The van der Waals surface area contributed by atoms with Crippen LogP contribution < -0.4 is 4.90 Å². The number of carboxylic acid groups (broad SMARTS) is 1. The molecule has 5 nitrogen and oxygen atoms in total. The Kier molecular flexibility index (Phi) is 4.61. The lowest BCUT2D eigenvalue weighted by Crippen LogP contribution is -2.27. The molecular formula is C18H13NO4S2. The highest BCUT2D eigenvalue weighted by molar-refractivity contribution is 8.27. The molecule has 7 heteroatoms. The van der Waals surface area contributed by atoms with Gasteiger partial charge in [-0.15, -0.1) is 0 Å². The third-order valence-electron chi connectivity index (χ3n) is 3.74. The monoisotopic (exact) mass is 371 g/mol. The highest BCUT2D eigenvalue weighted by Crippen LogP contribution is 2.37. The maximum absolute atomic E-state index is 12.7. The smallest absolute Gasteiger partial charge is 0.339 e. The number of anilines is 1. The number of thioether (sulfide) groups is 1. The number of carboxylic acids is 1. The van der Waals surface area contributed by atoms with Crippen LogP contribution in [0.15, 0.2) is 47.4 Å². The summed E-state index contributed by atoms with van der Waals surface area (Å²) in [7, 11) is 0. The molecule has 0 aliphatic carbocycles. The summed E-state index contributed by atoms with van der Waals surface area (Å²) in [4.78, 5) is 25.5. The van der Waals surface area contributed by atoms with Crippen molar-refractivity contribution in [3.63, 3.8) is 0 Å². The van der Waals surface area contributed by atoms with E-state index in [1.807, 2.05) is 31.2 Å². The number of rotatable bonds is 3. The average Bonchev–Trinajstić information content (AvgIpc) is 2.83. The number of benzene rings is 2. The van der Waals surface area contributed by atoms with Gasteiger partial charge in [0.05, 0.1) is 10.6 Å². The van der Waals surface area contributed by atoms with E-state index < -0.39 is 11.7 Å². The lowest BCUT2D eigenvalue weighted by atomic mass is 10.1. The van der Waals surface area contributed by atoms with E-state index in [0.29, 0.717) is 14.9 Å². The van der Waals surface area contributed by atoms with Gasteiger partial charge in [0.15, 0.2) is 4.32 Å². The fourth-order valence-corrected chi connectivity index (χ4v) is 3.71. The SMILES string of the molecule is Cc1ccccc1C=C1SC(=S)N(c2ccc(C(=O)O)c(O)c2)C1=O. The topological polar surface area (TPSA) is 77.8 Å². The summed E-state index contributed by atoms with van der Waals surface area (Å²) in [6, 6.07) is 11.6. The van der Waals surface area contributed by atoms with E-state index in [0.717, 1.165) is 11.1 Å². The molecule has 1 aliphatic heterocycles. The number of phenols is 1. The lowest BCUT2D eigenvalue weighted by Gasteiger charge is -2.15. The van der Waals surface area contributed by atoms with Gasteiger partial charge in [-0.3, -0.25) is 9.69 Å². The molecule has 0 atom stereocenters. The van der Waals surface area contributed by atoms with Gasteiger partial charge in [0.25, 0.3) is 5.91 Å². The van der Waals surface area contributed by atoms with Crippen molar-refractivity contribution in [2.75, 3.05) is 4.90 Å². The third-order valence-corrected chi connectivity index (χ3v) is 5.04. The predicted octanol–water partition coefficient (Wildman–Crippen LogP) is 3.80. The number of hydrogen-bond donors (Lipinski definition) is 2. The van der Waals surface area contributed by atoms with E-state index in [2.05, 4.69) is 0 Å². The molecule has 0 bridgehead atoms. The van der Waals surface area contributed by atoms with Crippen LogP contribution in [0.1, 0.15) is 21.5 Å². The molecular weight excluding hydrogens is 358 g/mol. The minimum absolute atomic E-state index is 0.232. The Morgan fingerprint density at radius 3 is 2.60 bits per heavy atom. The first-order valence-electron chi connectivity index (χ1n) is 7.28. The fourth-order valence-electron chi connectivity index (χ4n) is 2.42. The van der Waals surface area contributed by atoms with Crippen LogP contribution in [0.4, 0.5) is 5.69 Å². The van der Waals surface area contributed by atoms with Crippen LogP contribution in [-0.2, 0) is 4.79 Å². The van der Waals surface area contributed by atoms with Crippen molar-refractivity contribution in [1.82, 2.24) is 0 Å². The second-order valence-electron chi connectivity index (χ2n) is 5.38. The number of aryl methyl sites for hydroxylation is 1. The Labute approximate surface area is 153 Å². The van der Waals surface area contributed by atoms with Crippen LogP contribution in [0.5, 0.6) is 5.75 Å². The molecule has 0 aromatic heterocycles. The van der Waals surface area contributed by atoms with Crippen LogP contribution in [0.3, 0.4) is 0 Å². The van der Waals surface area contributed by atoms with Gasteiger partial charge >= 0.3 is 5.97 Å². The van der Waals surface area contributed by atoms with Crippen LogP contribution in [0, 0.1) is 6.92 Å². The number of carbonyl (C=O) groups excluding carboxylic acids is 1. The van der Waals surface area contributed by atoms with Crippen molar-refractivity contribution in [2.45, 2.75) is 6.92 Å². The first-order chi connectivity index (χ1) is 11.9. The summed E-state index contributed by atoms with van der Waals surface area (Å²) >= 11 is 6.45. The number of carbonyl (C=O) groups is 2. The van der Waals surface area contributed by atoms with Gasteiger partial charge in [-0.05, 0) is 36.3 Å². The molecule has 1 aliphatic rings. The number of nitrogens with zero attached hydrogens (tertiary/aromatic N) is 1. The number of aromatic carboxylic acids is 1. The van der Waals surface area contributed by atoms with E-state index in [1.54, 1.807) is 6.08 Å². The van der Waals surface area contributed by atoms with Gasteiger partial charge in [-0.2, -0.15) is 0 Å². The predicted molar refractivity (Wildman–Crippen MR) is 102 cm³/mol. The molecule has 2 N–H and O–H groups in total. The molecule has 1 heterocycles. The summed E-state index contributed by atoms with van der Waals surface area (Å²) in [5, 5.41) is 18.8. The van der Waals surface area contributed by atoms with Crippen molar-refractivity contribution in [1.29, 1.82) is 0 Å². The molecule has 2 aromatic rings. The van der Waals surface area contributed by atoms with Crippen LogP contribution in [0.25, 0.3) is 6.08 Å². The number of amides is 1. The van der Waals surface area contributed by atoms with E-state index in [1.165, 1.54) is 34.9 Å². The molecule has 1 amide bonds. The molecule has 0 spiro atoms. The quantitative estimate of drug-likeness (QED) is 0.631. The second kappa shape index (κ2) is 6.70. The largest absolute Gasteiger partial charge is 0.507 e. The zero-order valence-electron chi connectivity index (χ0n) is 13.1. The second-order valence-corrected chi connectivity index (χ2v) is 7.06. The maximum Gasteiger partial charge on any atom is 0.339 e. The summed E-state index contributed by atoms with van der Waals surface area (Å²) in [5.41, 5.74) is 2.06. The normalized spacial score (nSPS) is 15.9. The molecule has 0 radical (unpaired) electrons. The maximum atomic E-state index is 12.7. The summed E-state index contributed by atoms with van der Waals surface area (Å²) in [6.45, 7) is 1.95. The Morgan fingerprint density at radius 2 is 1.96 bits per heavy atom. The molecule has 0 saturated carbocycles. The van der Waals surface area contributed by atoms with Gasteiger partial charge in [0, 0.05) is 6.07 Å². The van der Waals surface area contributed by atoms with E-state index in [4.69, 9.17) is 17.3 Å². The van der Waals surface area contributed by atoms with Gasteiger partial charge < -0.3 is 10.2 Å². The summed E-state index contributed by atoms with van der Waals surface area (Å²) in [5.74, 6) is -1.96. The van der Waals surface area contributed by atoms with Gasteiger partial charge in [0.1, 0.15) is 11.3 Å². The Bertz CT molecular complexity index is 936. The van der Waals surface area contributed by atoms with Crippen LogP contribution >= 0.6 is 24.0 Å². The first kappa shape index (κ1) is 17.2. The van der Waals surface area contributed by atoms with Crippen LogP contribution in [0.2, 0.25) is 0 Å². The Balaban J connectivity index is 1.96. The van der Waals surface area contributed by atoms with Crippen molar-refractivity contribution in [3.8, 4) is 5.75 Å². The molecule has 2 aromatic carbocycles. The standard InChI is InChI=1S/C18H13NO4S2/c1-10-4-2-3-5-11(10)8-15-16(21)19(18(24)25-15)12-6-7-13(17(22)23)14(20)9-12/h2-9,20H,1H3,(H,22,23). The molecule has 1 saturated heterocycles. The Morgan fingerprint density at radius 1 is 1.24 bits per heavy atom. The minimum atomic E-state index is -1.24. The highest BCUT2D eigenvalue weighted by atomic mass is 32.2. The zero-order chi connectivity index (χ0) is 18.1. The fraction of sp³-hybridized carbons (Fsp3) is 0.0556. The summed E-state index contributed by atoms with van der Waals surface area (Å²) < 4.78 is 0.326. The minimum Gasteiger partial charge on any atom is -0.507 e. The van der Waals surface area contributed by atoms with Crippen molar-refractivity contribution >= 4 is 51.9 Å². The molecule has 25 heavy (non-hydrogen) atoms. The van der Waals surface area contributed by atoms with E-state index in [-0.39, 0.29) is 11.5 Å². The first-order valence-corrected chi connectivity index (χ1v) is 8.51. The Hall–Kier alpha value is -2.64. The number of aromatic hydroxyl groups is 1. The van der Waals surface area contributed by atoms with Gasteiger partial charge in [-0.1, -0.05) is 48.2 Å². The molecule has 3 rings (SSSR count).